The summed E-state index contributed by atoms with van der Waals surface area (Å²) in [7, 11) is 0. The van der Waals surface area contributed by atoms with Gasteiger partial charge >= 0.3 is 0 Å². The number of nitrogens with one attached hydrogen (secondary N) is 1. The third kappa shape index (κ3) is 4.36. The summed E-state index contributed by atoms with van der Waals surface area (Å²) in [5.41, 5.74) is 1.53. The van der Waals surface area contributed by atoms with Gasteiger partial charge in [-0.05, 0) is 24.6 Å². The predicted molar refractivity (Wildman–Crippen MR) is 87.8 cm³/mol. The topological polar surface area (TPSA) is 91.3 Å². The monoisotopic (exact) mass is 355 g/mol. The summed E-state index contributed by atoms with van der Waals surface area (Å²) in [6.45, 7) is 2.82. The number of anilines is 1. The molecule has 0 aliphatic heterocycles. The number of nitrogens with zero attached hydrogens (tertiary/aromatic N) is 2. The van der Waals surface area contributed by atoms with E-state index in [0.717, 1.165) is 5.56 Å². The largest absolute Gasteiger partial charge is 0.419 e. The van der Waals surface area contributed by atoms with E-state index < -0.39 is 0 Å². The zero-order valence-electron chi connectivity index (χ0n) is 12.4. The molecule has 122 valence electrons. The van der Waals surface area contributed by atoms with Gasteiger partial charge in [0.25, 0.3) is 0 Å². The molecule has 2 N–H and O–H groups in total. The molecule has 0 spiro atoms. The van der Waals surface area contributed by atoms with Gasteiger partial charge in [-0.25, -0.2) is 0 Å². The van der Waals surface area contributed by atoms with Crippen molar-refractivity contribution in [3.05, 3.63) is 33.4 Å². The first kappa shape index (κ1) is 17.6. The molecule has 0 amide bonds. The quantitative estimate of drug-likeness (QED) is 0.740. The van der Waals surface area contributed by atoms with Crippen LogP contribution in [-0.4, -0.2) is 36.5 Å². The summed E-state index contributed by atoms with van der Waals surface area (Å²) < 4.78 is 10.7. The van der Waals surface area contributed by atoms with Crippen LogP contribution < -0.4 is 5.32 Å². The summed E-state index contributed by atoms with van der Waals surface area (Å²) in [5.74, 6) is 0.521. The Labute approximate surface area is 143 Å². The maximum Gasteiger partial charge on any atom is 0.232 e. The van der Waals surface area contributed by atoms with Crippen LogP contribution in [0.25, 0.3) is 11.5 Å². The van der Waals surface area contributed by atoms with Crippen molar-refractivity contribution in [3.63, 3.8) is 0 Å². The molecule has 23 heavy (non-hydrogen) atoms. The van der Waals surface area contributed by atoms with Gasteiger partial charge in [0.05, 0.1) is 19.8 Å². The second-order valence-electron chi connectivity index (χ2n) is 4.63. The van der Waals surface area contributed by atoms with Gasteiger partial charge in [-0.15, -0.1) is 0 Å². The Morgan fingerprint density at radius 3 is 2.87 bits per heavy atom. The summed E-state index contributed by atoms with van der Waals surface area (Å²) in [6, 6.07) is 5.29. The number of nitriles is 1. The Morgan fingerprint density at radius 1 is 1.39 bits per heavy atom. The van der Waals surface area contributed by atoms with E-state index in [1.807, 2.05) is 13.0 Å². The molecule has 0 saturated carbocycles. The summed E-state index contributed by atoms with van der Waals surface area (Å²) >= 11 is 12.1. The zero-order chi connectivity index (χ0) is 16.8. The van der Waals surface area contributed by atoms with Gasteiger partial charge in [0.2, 0.25) is 17.5 Å². The molecule has 0 radical (unpaired) electrons. The fourth-order valence-corrected chi connectivity index (χ4v) is 2.40. The van der Waals surface area contributed by atoms with Gasteiger partial charge in [0.1, 0.15) is 6.07 Å². The van der Waals surface area contributed by atoms with Crippen molar-refractivity contribution in [1.82, 2.24) is 4.98 Å². The first-order chi connectivity index (χ1) is 11.1. The molecule has 1 aromatic carbocycles. The fraction of sp³-hybridized carbons (Fsp3) is 0.333. The number of aliphatic hydroxyl groups is 1. The van der Waals surface area contributed by atoms with Crippen molar-refractivity contribution in [3.8, 4) is 17.5 Å². The fourth-order valence-electron chi connectivity index (χ4n) is 1.90. The van der Waals surface area contributed by atoms with Crippen molar-refractivity contribution < 1.29 is 14.3 Å². The smallest absolute Gasteiger partial charge is 0.232 e. The SMILES string of the molecule is Cc1c(Cl)cc(Cl)cc1-c1nc(C#N)c(NCCOCCO)o1. The van der Waals surface area contributed by atoms with Crippen LogP contribution in [0.3, 0.4) is 0 Å². The molecule has 0 aliphatic carbocycles. The highest BCUT2D eigenvalue weighted by Gasteiger charge is 2.17. The van der Waals surface area contributed by atoms with Gasteiger partial charge in [-0.2, -0.15) is 10.2 Å². The van der Waals surface area contributed by atoms with E-state index in [4.69, 9.17) is 42.7 Å². The molecule has 6 nitrogen and oxygen atoms in total. The molecule has 0 bridgehead atoms. The Hall–Kier alpha value is -1.78. The number of aromatic nitrogens is 1. The number of rotatable bonds is 7. The molecule has 2 aromatic rings. The standard InChI is InChI=1S/C15H15Cl2N3O3/c1-9-11(6-10(16)7-12(9)17)14-20-13(8-18)15(23-14)19-2-4-22-5-3-21/h6-7,19,21H,2-5H2,1H3. The highest BCUT2D eigenvalue weighted by Crippen LogP contribution is 2.33. The highest BCUT2D eigenvalue weighted by molar-refractivity contribution is 6.35. The maximum absolute atomic E-state index is 9.17. The molecule has 0 fully saturated rings. The molecule has 0 saturated heterocycles. The van der Waals surface area contributed by atoms with Crippen LogP contribution in [0.15, 0.2) is 16.5 Å². The number of halogens is 2. The number of oxazole rings is 1. The molecular weight excluding hydrogens is 341 g/mol. The predicted octanol–water partition coefficient (Wildman–Crippen LogP) is 3.25. The van der Waals surface area contributed by atoms with Crippen molar-refractivity contribution in [1.29, 1.82) is 5.26 Å². The van der Waals surface area contributed by atoms with Crippen molar-refractivity contribution >= 4 is 29.1 Å². The van der Waals surface area contributed by atoms with Crippen LogP contribution >= 0.6 is 23.2 Å². The lowest BCUT2D eigenvalue weighted by molar-refractivity contribution is 0.0990. The van der Waals surface area contributed by atoms with E-state index in [1.165, 1.54) is 0 Å². The third-order valence-electron chi connectivity index (χ3n) is 3.04. The zero-order valence-corrected chi connectivity index (χ0v) is 13.9. The lowest BCUT2D eigenvalue weighted by Crippen LogP contribution is -2.11. The van der Waals surface area contributed by atoms with Crippen LogP contribution in [0.1, 0.15) is 11.3 Å². The molecule has 8 heteroatoms. The Bertz CT molecular complexity index is 725. The van der Waals surface area contributed by atoms with Gasteiger partial charge in [0.15, 0.2) is 0 Å². The van der Waals surface area contributed by atoms with Crippen LogP contribution in [0, 0.1) is 18.3 Å². The van der Waals surface area contributed by atoms with Crippen molar-refractivity contribution in [2.24, 2.45) is 0 Å². The second kappa shape index (κ2) is 8.18. The number of aliphatic hydroxyl groups excluding tert-OH is 1. The summed E-state index contributed by atoms with van der Waals surface area (Å²) in [5, 5.41) is 21.7. The van der Waals surface area contributed by atoms with Gasteiger partial charge < -0.3 is 19.6 Å². The Morgan fingerprint density at radius 2 is 2.17 bits per heavy atom. The van der Waals surface area contributed by atoms with Crippen LogP contribution in [0.5, 0.6) is 0 Å². The molecule has 1 aromatic heterocycles. The van der Waals surface area contributed by atoms with Crippen molar-refractivity contribution in [2.45, 2.75) is 6.92 Å². The Kier molecular flexibility index (Phi) is 6.25. The second-order valence-corrected chi connectivity index (χ2v) is 5.48. The first-order valence-corrected chi connectivity index (χ1v) is 7.61. The number of benzene rings is 1. The van der Waals surface area contributed by atoms with Crippen LogP contribution in [0.4, 0.5) is 5.88 Å². The number of ether oxygens (including phenoxy) is 1. The molecule has 0 aliphatic rings. The van der Waals surface area contributed by atoms with E-state index in [9.17, 15) is 0 Å². The molecular formula is C15H15Cl2N3O3. The average Bonchev–Trinajstić information content (AvgIpc) is 2.93. The summed E-state index contributed by atoms with van der Waals surface area (Å²) in [4.78, 5) is 4.17. The minimum absolute atomic E-state index is 0.0370. The number of hydrogen-bond acceptors (Lipinski definition) is 6. The molecule has 0 unspecified atom stereocenters. The van der Waals surface area contributed by atoms with E-state index in [2.05, 4.69) is 10.3 Å². The maximum atomic E-state index is 9.17. The molecule has 1 heterocycles. The minimum Gasteiger partial charge on any atom is -0.419 e. The first-order valence-electron chi connectivity index (χ1n) is 6.86. The van der Waals surface area contributed by atoms with Crippen LogP contribution in [0.2, 0.25) is 10.0 Å². The molecule has 0 atom stereocenters. The van der Waals surface area contributed by atoms with Crippen LogP contribution in [-0.2, 0) is 4.74 Å². The lowest BCUT2D eigenvalue weighted by atomic mass is 10.1. The van der Waals surface area contributed by atoms with Gasteiger partial charge in [0, 0.05) is 22.2 Å². The van der Waals surface area contributed by atoms with Crippen molar-refractivity contribution in [2.75, 3.05) is 31.7 Å². The normalized spacial score (nSPS) is 10.6. The third-order valence-corrected chi connectivity index (χ3v) is 3.65. The van der Waals surface area contributed by atoms with E-state index in [-0.39, 0.29) is 30.7 Å². The van der Waals surface area contributed by atoms with Gasteiger partial charge in [-0.1, -0.05) is 23.2 Å². The van der Waals surface area contributed by atoms with E-state index in [0.29, 0.717) is 28.8 Å². The average molecular weight is 356 g/mol. The van der Waals surface area contributed by atoms with Gasteiger partial charge in [-0.3, -0.25) is 0 Å². The van der Waals surface area contributed by atoms with E-state index in [1.54, 1.807) is 12.1 Å². The lowest BCUT2D eigenvalue weighted by Gasteiger charge is -2.05. The highest BCUT2D eigenvalue weighted by atomic mass is 35.5. The van der Waals surface area contributed by atoms with E-state index >= 15 is 0 Å². The summed E-state index contributed by atoms with van der Waals surface area (Å²) in [6.07, 6.45) is 0. The Balaban J connectivity index is 2.21. The number of hydrogen-bond donors (Lipinski definition) is 2. The minimum atomic E-state index is -0.0370. The molecule has 2 rings (SSSR count).